The van der Waals surface area contributed by atoms with Gasteiger partial charge in [0.1, 0.15) is 5.56 Å². The van der Waals surface area contributed by atoms with E-state index < -0.39 is 22.8 Å². The van der Waals surface area contributed by atoms with Crippen LogP contribution in [0, 0.1) is 12.7 Å². The van der Waals surface area contributed by atoms with Crippen molar-refractivity contribution in [1.82, 2.24) is 24.7 Å². The number of carbonyl (C=O) groups is 1. The molecule has 0 spiro atoms. The number of halogens is 1. The third-order valence-electron chi connectivity index (χ3n) is 5.09. The number of H-pyrrole nitrogens is 1. The molecule has 0 bridgehead atoms. The summed E-state index contributed by atoms with van der Waals surface area (Å²) in [6.45, 7) is 2.99. The zero-order valence-electron chi connectivity index (χ0n) is 15.7. The standard InChI is InChI=1S/C19H15FN6O3S/c1-9-4-14(24-23-9)10-6-25(7-10)17-13(20)5-11-15(27)12(18(28)29)8-26(16(11)22-17)19-21-2-3-30-19/h2-5,8,10H,6-7H2,1H3,(H,23,24)(H,28,29). The average Bonchev–Trinajstić information content (AvgIpc) is 3.34. The van der Waals surface area contributed by atoms with Crippen LogP contribution < -0.4 is 10.3 Å². The van der Waals surface area contributed by atoms with Gasteiger partial charge in [0, 0.05) is 42.5 Å². The number of fused-ring (bicyclic) bond motifs is 1. The van der Waals surface area contributed by atoms with Gasteiger partial charge in [0.05, 0.1) is 11.1 Å². The van der Waals surface area contributed by atoms with Crippen LogP contribution in [0.2, 0.25) is 0 Å². The van der Waals surface area contributed by atoms with Crippen molar-refractivity contribution < 1.29 is 14.3 Å². The minimum atomic E-state index is -1.39. The highest BCUT2D eigenvalue weighted by Gasteiger charge is 2.33. The third kappa shape index (κ3) is 2.86. The van der Waals surface area contributed by atoms with Crippen LogP contribution in [-0.2, 0) is 0 Å². The van der Waals surface area contributed by atoms with E-state index in [0.29, 0.717) is 18.2 Å². The molecule has 4 aromatic rings. The first-order valence-corrected chi connectivity index (χ1v) is 9.96. The molecule has 1 aliphatic heterocycles. The second-order valence-electron chi connectivity index (χ2n) is 7.10. The van der Waals surface area contributed by atoms with E-state index in [-0.39, 0.29) is 22.8 Å². The number of aromatic nitrogens is 5. The number of pyridine rings is 2. The number of anilines is 1. The Balaban J connectivity index is 1.61. The normalized spacial score (nSPS) is 14.3. The van der Waals surface area contributed by atoms with E-state index in [4.69, 9.17) is 0 Å². The Kier molecular flexibility index (Phi) is 4.13. The van der Waals surface area contributed by atoms with Crippen molar-refractivity contribution in [1.29, 1.82) is 0 Å². The predicted octanol–water partition coefficient (Wildman–Crippen LogP) is 2.31. The van der Waals surface area contributed by atoms with Gasteiger partial charge in [-0.3, -0.25) is 14.5 Å². The molecule has 9 nitrogen and oxygen atoms in total. The number of aryl methyl sites for hydroxylation is 1. The molecular formula is C19H15FN6O3S. The molecule has 5 heterocycles. The van der Waals surface area contributed by atoms with Crippen LogP contribution in [-0.4, -0.2) is 48.9 Å². The predicted molar refractivity (Wildman–Crippen MR) is 108 cm³/mol. The summed E-state index contributed by atoms with van der Waals surface area (Å²) in [5, 5.41) is 18.6. The Bertz CT molecular complexity index is 1340. The molecule has 0 amide bonds. The fourth-order valence-electron chi connectivity index (χ4n) is 3.56. The van der Waals surface area contributed by atoms with Gasteiger partial charge in [-0.2, -0.15) is 5.10 Å². The lowest BCUT2D eigenvalue weighted by Gasteiger charge is -2.39. The largest absolute Gasteiger partial charge is 0.477 e. The SMILES string of the molecule is Cc1cc(C2CN(c3nc4c(cc3F)c(=O)c(C(=O)O)cn4-c3nccs3)C2)n[nH]1. The summed E-state index contributed by atoms with van der Waals surface area (Å²) in [5.74, 6) is -1.80. The van der Waals surface area contributed by atoms with Crippen molar-refractivity contribution >= 4 is 34.2 Å². The summed E-state index contributed by atoms with van der Waals surface area (Å²) < 4.78 is 16.3. The van der Waals surface area contributed by atoms with Crippen LogP contribution in [0.25, 0.3) is 16.2 Å². The molecule has 1 fully saturated rings. The van der Waals surface area contributed by atoms with Gasteiger partial charge in [-0.25, -0.2) is 19.2 Å². The van der Waals surface area contributed by atoms with Crippen molar-refractivity contribution in [3.05, 3.63) is 62.9 Å². The number of carboxylic acids is 1. The summed E-state index contributed by atoms with van der Waals surface area (Å²) >= 11 is 1.25. The summed E-state index contributed by atoms with van der Waals surface area (Å²) in [7, 11) is 0. The first kappa shape index (κ1) is 18.4. The maximum absolute atomic E-state index is 14.9. The second kappa shape index (κ2) is 6.73. The minimum absolute atomic E-state index is 0.105. The Morgan fingerprint density at radius 1 is 1.37 bits per heavy atom. The highest BCUT2D eigenvalue weighted by Crippen LogP contribution is 2.32. The number of hydrogen-bond acceptors (Lipinski definition) is 7. The van der Waals surface area contributed by atoms with E-state index in [1.165, 1.54) is 22.1 Å². The lowest BCUT2D eigenvalue weighted by molar-refractivity contribution is 0.0695. The van der Waals surface area contributed by atoms with E-state index in [0.717, 1.165) is 17.5 Å². The summed E-state index contributed by atoms with van der Waals surface area (Å²) in [6, 6.07) is 3.02. The molecule has 152 valence electrons. The van der Waals surface area contributed by atoms with Crippen LogP contribution in [0.15, 0.2) is 34.7 Å². The molecule has 0 aromatic carbocycles. The van der Waals surface area contributed by atoms with Crippen LogP contribution in [0.5, 0.6) is 0 Å². The molecule has 0 saturated carbocycles. The van der Waals surface area contributed by atoms with Crippen molar-refractivity contribution in [3.63, 3.8) is 0 Å². The molecule has 5 rings (SSSR count). The van der Waals surface area contributed by atoms with E-state index >= 15 is 0 Å². The minimum Gasteiger partial charge on any atom is -0.477 e. The van der Waals surface area contributed by atoms with E-state index in [9.17, 15) is 19.1 Å². The molecule has 0 unspecified atom stereocenters. The number of nitrogens with zero attached hydrogens (tertiary/aromatic N) is 5. The molecule has 30 heavy (non-hydrogen) atoms. The summed E-state index contributed by atoms with van der Waals surface area (Å²) in [5.41, 5.74) is 0.785. The van der Waals surface area contributed by atoms with Crippen molar-refractivity contribution in [2.24, 2.45) is 0 Å². The molecule has 4 aromatic heterocycles. The van der Waals surface area contributed by atoms with Crippen molar-refractivity contribution in [2.75, 3.05) is 18.0 Å². The Morgan fingerprint density at radius 2 is 2.17 bits per heavy atom. The van der Waals surface area contributed by atoms with E-state index in [1.54, 1.807) is 16.5 Å². The fourth-order valence-corrected chi connectivity index (χ4v) is 4.17. The molecule has 0 radical (unpaired) electrons. The third-order valence-corrected chi connectivity index (χ3v) is 5.86. The van der Waals surface area contributed by atoms with Gasteiger partial charge >= 0.3 is 5.97 Å². The number of thiazole rings is 1. The van der Waals surface area contributed by atoms with Gasteiger partial charge in [-0.05, 0) is 19.1 Å². The second-order valence-corrected chi connectivity index (χ2v) is 7.98. The Hall–Kier alpha value is -3.60. The number of aromatic amines is 1. The van der Waals surface area contributed by atoms with Gasteiger partial charge in [0.25, 0.3) is 0 Å². The molecule has 11 heteroatoms. The van der Waals surface area contributed by atoms with Crippen LogP contribution >= 0.6 is 11.3 Å². The molecule has 1 aliphatic rings. The molecule has 2 N–H and O–H groups in total. The maximum Gasteiger partial charge on any atom is 0.341 e. The van der Waals surface area contributed by atoms with Gasteiger partial charge in [-0.15, -0.1) is 11.3 Å². The van der Waals surface area contributed by atoms with Gasteiger partial charge in [-0.1, -0.05) is 0 Å². The number of rotatable bonds is 4. The van der Waals surface area contributed by atoms with Gasteiger partial charge in [0.15, 0.2) is 22.4 Å². The lowest BCUT2D eigenvalue weighted by atomic mass is 9.96. The van der Waals surface area contributed by atoms with Crippen LogP contribution in [0.4, 0.5) is 10.2 Å². The number of hydrogen-bond donors (Lipinski definition) is 2. The molecule has 0 aliphatic carbocycles. The van der Waals surface area contributed by atoms with Gasteiger partial charge in [0.2, 0.25) is 5.43 Å². The van der Waals surface area contributed by atoms with E-state index in [1.807, 2.05) is 13.0 Å². The van der Waals surface area contributed by atoms with Crippen LogP contribution in [0.1, 0.15) is 27.7 Å². The smallest absolute Gasteiger partial charge is 0.341 e. The molecule has 0 atom stereocenters. The lowest BCUT2D eigenvalue weighted by Crippen LogP contribution is -2.46. The van der Waals surface area contributed by atoms with Crippen LogP contribution in [0.3, 0.4) is 0 Å². The summed E-state index contributed by atoms with van der Waals surface area (Å²) in [4.78, 5) is 34.5. The molecule has 1 saturated heterocycles. The van der Waals surface area contributed by atoms with Gasteiger partial charge < -0.3 is 10.0 Å². The average molecular weight is 426 g/mol. The topological polar surface area (TPSA) is 117 Å². The first-order chi connectivity index (χ1) is 14.4. The number of nitrogens with one attached hydrogen (secondary N) is 1. The molecular weight excluding hydrogens is 411 g/mol. The van der Waals surface area contributed by atoms with Crippen molar-refractivity contribution in [2.45, 2.75) is 12.8 Å². The maximum atomic E-state index is 14.9. The first-order valence-electron chi connectivity index (χ1n) is 9.08. The fraction of sp³-hybridized carbons (Fsp3) is 0.211. The highest BCUT2D eigenvalue weighted by molar-refractivity contribution is 7.12. The highest BCUT2D eigenvalue weighted by atomic mass is 32.1. The zero-order valence-corrected chi connectivity index (χ0v) is 16.5. The van der Waals surface area contributed by atoms with Crippen molar-refractivity contribution in [3.8, 4) is 5.13 Å². The number of carboxylic acid groups (broad SMARTS) is 1. The quantitative estimate of drug-likeness (QED) is 0.514. The Labute approximate surface area is 172 Å². The summed E-state index contributed by atoms with van der Waals surface area (Å²) in [6.07, 6.45) is 2.74. The number of aromatic carboxylic acids is 1. The Morgan fingerprint density at radius 3 is 2.80 bits per heavy atom. The zero-order chi connectivity index (χ0) is 21.0. The monoisotopic (exact) mass is 426 g/mol. The van der Waals surface area contributed by atoms with E-state index in [2.05, 4.69) is 20.2 Å².